The Morgan fingerprint density at radius 2 is 1.93 bits per heavy atom. The first-order valence-electron chi connectivity index (χ1n) is 8.46. The molecule has 29 heavy (non-hydrogen) atoms. The van der Waals surface area contributed by atoms with Gasteiger partial charge in [-0.05, 0) is 58.4 Å². The summed E-state index contributed by atoms with van der Waals surface area (Å²) in [6.07, 6.45) is 0. The molecule has 8 heteroatoms. The number of benzene rings is 3. The summed E-state index contributed by atoms with van der Waals surface area (Å²) in [7, 11) is 1.52. The minimum absolute atomic E-state index is 0.307. The van der Waals surface area contributed by atoms with E-state index in [1.54, 1.807) is 30.3 Å². The summed E-state index contributed by atoms with van der Waals surface area (Å²) >= 11 is 13.0. The highest BCUT2D eigenvalue weighted by Crippen LogP contribution is 2.34. The van der Waals surface area contributed by atoms with Gasteiger partial charge in [0.05, 0.1) is 27.7 Å². The number of nitrogens with one attached hydrogen (secondary N) is 1. The summed E-state index contributed by atoms with van der Waals surface area (Å²) < 4.78 is 12.6. The third kappa shape index (κ3) is 4.03. The smallest absolute Gasteiger partial charge is 0.259 e. The molecule has 1 aromatic heterocycles. The molecule has 0 aliphatic heterocycles. The molecule has 0 bridgehead atoms. The Morgan fingerprint density at radius 1 is 1.14 bits per heavy atom. The number of halogens is 3. The Hall–Kier alpha value is -2.35. The highest BCUT2D eigenvalue weighted by atomic mass is 79.9. The average molecular weight is 537 g/mol. The van der Waals surface area contributed by atoms with Crippen molar-refractivity contribution in [1.29, 1.82) is 0 Å². The monoisotopic (exact) mass is 534 g/mol. The highest BCUT2D eigenvalue weighted by Gasteiger charge is 2.17. The molecule has 1 N–H and O–H groups in total. The number of oxazole rings is 1. The molecule has 0 spiro atoms. The number of carbonyl (C=O) groups excluding carboxylic acids is 1. The molecule has 0 radical (unpaired) electrons. The van der Waals surface area contributed by atoms with Crippen LogP contribution in [0.5, 0.6) is 5.75 Å². The number of methoxy groups -OCH3 is 1. The minimum Gasteiger partial charge on any atom is -0.495 e. The molecule has 1 heterocycles. The van der Waals surface area contributed by atoms with Crippen LogP contribution in [0.4, 0.5) is 5.69 Å². The number of rotatable bonds is 4. The van der Waals surface area contributed by atoms with Crippen LogP contribution in [0.2, 0.25) is 5.02 Å². The Kier molecular flexibility index (Phi) is 5.63. The first-order valence-corrected chi connectivity index (χ1v) is 10.4. The number of anilines is 1. The largest absolute Gasteiger partial charge is 0.495 e. The Bertz CT molecular complexity index is 1240. The summed E-state index contributed by atoms with van der Waals surface area (Å²) in [4.78, 5) is 17.3. The van der Waals surface area contributed by atoms with Crippen LogP contribution in [0.15, 0.2) is 68.0 Å². The predicted octanol–water partition coefficient (Wildman–Crippen LogP) is 6.93. The van der Waals surface area contributed by atoms with Gasteiger partial charge in [-0.15, -0.1) is 0 Å². The van der Waals surface area contributed by atoms with Crippen LogP contribution < -0.4 is 10.1 Å². The Morgan fingerprint density at radius 3 is 2.69 bits per heavy atom. The zero-order chi connectivity index (χ0) is 20.5. The van der Waals surface area contributed by atoms with Gasteiger partial charge in [0, 0.05) is 10.2 Å². The van der Waals surface area contributed by atoms with E-state index in [4.69, 9.17) is 20.8 Å². The molecular formula is C21H13Br2ClN2O3. The first kappa shape index (κ1) is 19.9. The summed E-state index contributed by atoms with van der Waals surface area (Å²) in [5, 5.41) is 3.43. The van der Waals surface area contributed by atoms with Crippen molar-refractivity contribution in [1.82, 2.24) is 4.98 Å². The fourth-order valence-electron chi connectivity index (χ4n) is 2.89. The molecule has 3 aromatic carbocycles. The third-order valence-corrected chi connectivity index (χ3v) is 5.58. The van der Waals surface area contributed by atoms with Gasteiger partial charge in [0.2, 0.25) is 5.89 Å². The minimum atomic E-state index is -0.307. The first-order chi connectivity index (χ1) is 14.0. The second-order valence-corrected chi connectivity index (χ2v) is 8.28. The van der Waals surface area contributed by atoms with Crippen LogP contribution in [0.3, 0.4) is 0 Å². The lowest BCUT2D eigenvalue weighted by Crippen LogP contribution is -2.13. The van der Waals surface area contributed by atoms with E-state index in [1.165, 1.54) is 7.11 Å². The maximum atomic E-state index is 12.8. The lowest BCUT2D eigenvalue weighted by atomic mass is 10.2. The third-order valence-electron chi connectivity index (χ3n) is 4.21. The van der Waals surface area contributed by atoms with Gasteiger partial charge < -0.3 is 14.5 Å². The summed E-state index contributed by atoms with van der Waals surface area (Å²) in [6, 6.07) is 16.1. The van der Waals surface area contributed by atoms with E-state index in [0.717, 1.165) is 4.47 Å². The Balaban J connectivity index is 1.66. The van der Waals surface area contributed by atoms with Crippen molar-refractivity contribution in [2.24, 2.45) is 0 Å². The molecule has 4 aromatic rings. The van der Waals surface area contributed by atoms with Crippen LogP contribution in [-0.2, 0) is 0 Å². The molecule has 146 valence electrons. The van der Waals surface area contributed by atoms with Gasteiger partial charge in [-0.1, -0.05) is 39.7 Å². The van der Waals surface area contributed by atoms with E-state index < -0.39 is 0 Å². The van der Waals surface area contributed by atoms with Crippen molar-refractivity contribution in [2.45, 2.75) is 0 Å². The fourth-order valence-corrected chi connectivity index (χ4v) is 4.49. The SMILES string of the molecule is COc1c(Br)cc(Br)cc1C(=O)Nc1ccc2oc(-c3ccccc3Cl)nc2c1. The number of ether oxygens (including phenoxy) is 1. The van der Waals surface area contributed by atoms with Crippen molar-refractivity contribution in [3.8, 4) is 17.2 Å². The quantitative estimate of drug-likeness (QED) is 0.307. The zero-order valence-corrected chi connectivity index (χ0v) is 18.9. The van der Waals surface area contributed by atoms with Crippen molar-refractivity contribution in [3.63, 3.8) is 0 Å². The number of hydrogen-bond acceptors (Lipinski definition) is 4. The fraction of sp³-hybridized carbons (Fsp3) is 0.0476. The maximum absolute atomic E-state index is 12.8. The van der Waals surface area contributed by atoms with Crippen LogP contribution in [0.25, 0.3) is 22.6 Å². The molecular weight excluding hydrogens is 524 g/mol. The lowest BCUT2D eigenvalue weighted by molar-refractivity contribution is 0.102. The maximum Gasteiger partial charge on any atom is 0.259 e. The topological polar surface area (TPSA) is 64.4 Å². The van der Waals surface area contributed by atoms with Crippen LogP contribution in [0, 0.1) is 0 Å². The zero-order valence-electron chi connectivity index (χ0n) is 15.0. The van der Waals surface area contributed by atoms with Gasteiger partial charge >= 0.3 is 0 Å². The number of hydrogen-bond donors (Lipinski definition) is 1. The normalized spacial score (nSPS) is 10.9. The van der Waals surface area contributed by atoms with Crippen LogP contribution in [-0.4, -0.2) is 18.0 Å². The van der Waals surface area contributed by atoms with Gasteiger partial charge in [-0.2, -0.15) is 0 Å². The molecule has 0 saturated carbocycles. The number of fused-ring (bicyclic) bond motifs is 1. The second-order valence-electron chi connectivity index (χ2n) is 6.10. The molecule has 0 fully saturated rings. The summed E-state index contributed by atoms with van der Waals surface area (Å²) in [5.41, 5.74) is 2.89. The number of aromatic nitrogens is 1. The van der Waals surface area contributed by atoms with E-state index in [9.17, 15) is 4.79 Å². The molecule has 0 saturated heterocycles. The number of carbonyl (C=O) groups is 1. The number of nitrogens with zero attached hydrogens (tertiary/aromatic N) is 1. The Labute approximate surface area is 188 Å². The van der Waals surface area contributed by atoms with Crippen LogP contribution in [0.1, 0.15) is 10.4 Å². The van der Waals surface area contributed by atoms with Gasteiger partial charge in [0.1, 0.15) is 11.3 Å². The summed E-state index contributed by atoms with van der Waals surface area (Å²) in [5.74, 6) is 0.568. The number of amides is 1. The van der Waals surface area contributed by atoms with Gasteiger partial charge in [-0.25, -0.2) is 4.98 Å². The molecule has 0 unspecified atom stereocenters. The summed E-state index contributed by atoms with van der Waals surface area (Å²) in [6.45, 7) is 0. The second kappa shape index (κ2) is 8.18. The lowest BCUT2D eigenvalue weighted by Gasteiger charge is -2.11. The van der Waals surface area contributed by atoms with Crippen molar-refractivity contribution in [3.05, 3.63) is 74.1 Å². The highest BCUT2D eigenvalue weighted by molar-refractivity contribution is 9.11. The molecule has 0 aliphatic carbocycles. The standard InChI is InChI=1S/C21H13Br2ClN2O3/c1-28-19-14(8-11(22)9-15(19)23)20(27)25-12-6-7-18-17(10-12)26-21(29-18)13-4-2-3-5-16(13)24/h2-10H,1H3,(H,25,27). The van der Waals surface area contributed by atoms with Gasteiger partial charge in [0.25, 0.3) is 5.91 Å². The van der Waals surface area contributed by atoms with E-state index in [0.29, 0.717) is 49.0 Å². The van der Waals surface area contributed by atoms with E-state index >= 15 is 0 Å². The molecule has 1 amide bonds. The van der Waals surface area contributed by atoms with E-state index in [-0.39, 0.29) is 5.91 Å². The van der Waals surface area contributed by atoms with E-state index in [2.05, 4.69) is 42.2 Å². The molecule has 0 aliphatic rings. The average Bonchev–Trinajstić information content (AvgIpc) is 3.10. The van der Waals surface area contributed by atoms with Crippen molar-refractivity contribution >= 4 is 66.2 Å². The molecule has 4 rings (SSSR count). The van der Waals surface area contributed by atoms with Crippen molar-refractivity contribution < 1.29 is 13.9 Å². The van der Waals surface area contributed by atoms with Crippen LogP contribution >= 0.6 is 43.5 Å². The molecule has 5 nitrogen and oxygen atoms in total. The predicted molar refractivity (Wildman–Crippen MR) is 121 cm³/mol. The van der Waals surface area contributed by atoms with Gasteiger partial charge in [0.15, 0.2) is 5.58 Å². The molecule has 0 atom stereocenters. The van der Waals surface area contributed by atoms with E-state index in [1.807, 2.05) is 24.3 Å². The van der Waals surface area contributed by atoms with Crippen molar-refractivity contribution in [2.75, 3.05) is 12.4 Å². The van der Waals surface area contributed by atoms with Gasteiger partial charge in [-0.3, -0.25) is 4.79 Å².